The molecule has 0 saturated carbocycles. The van der Waals surface area contributed by atoms with Crippen LogP contribution in [0.5, 0.6) is 0 Å². The normalized spacial score (nSPS) is 13.8. The van der Waals surface area contributed by atoms with E-state index in [0.717, 1.165) is 0 Å². The molecule has 0 aliphatic carbocycles. The summed E-state index contributed by atoms with van der Waals surface area (Å²) in [6, 6.07) is 0. The van der Waals surface area contributed by atoms with Crippen LogP contribution < -0.4 is 0 Å². The molecule has 0 unspecified atom stereocenters. The third kappa shape index (κ3) is 2.43. The Labute approximate surface area is 65.8 Å². The molecule has 0 aromatic carbocycles. The third-order valence-electron chi connectivity index (χ3n) is 2.35. The van der Waals surface area contributed by atoms with Crippen LogP contribution in [0, 0.1) is 6.23 Å². The van der Waals surface area contributed by atoms with Crippen molar-refractivity contribution in [1.82, 2.24) is 0 Å². The van der Waals surface area contributed by atoms with E-state index in [-0.39, 0.29) is 0 Å². The van der Waals surface area contributed by atoms with Gasteiger partial charge in [0.2, 0.25) is 0 Å². The van der Waals surface area contributed by atoms with Crippen molar-refractivity contribution in [3.05, 3.63) is 6.23 Å². The highest BCUT2D eigenvalue weighted by Gasteiger charge is 2.35. The van der Waals surface area contributed by atoms with Crippen LogP contribution in [0.25, 0.3) is 0 Å². The van der Waals surface area contributed by atoms with Gasteiger partial charge < -0.3 is 4.74 Å². The van der Waals surface area contributed by atoms with Gasteiger partial charge in [-0.15, -0.1) is 0 Å². The summed E-state index contributed by atoms with van der Waals surface area (Å²) < 4.78 is 5.07. The Morgan fingerprint density at radius 3 is 1.70 bits per heavy atom. The lowest BCUT2D eigenvalue weighted by Crippen LogP contribution is -2.38. The Bertz CT molecular complexity index is 102. The van der Waals surface area contributed by atoms with Gasteiger partial charge in [0.05, 0.1) is 14.3 Å². The molecule has 2 heteroatoms. The summed E-state index contributed by atoms with van der Waals surface area (Å²) >= 11 is 0. The van der Waals surface area contributed by atoms with E-state index in [1.165, 1.54) is 0 Å². The molecule has 0 spiro atoms. The van der Waals surface area contributed by atoms with Gasteiger partial charge in [0, 0.05) is 7.11 Å². The summed E-state index contributed by atoms with van der Waals surface area (Å²) in [7, 11) is 0.484. The first-order chi connectivity index (χ1) is 4.31. The van der Waals surface area contributed by atoms with Crippen LogP contribution in [-0.4, -0.2) is 15.2 Å². The van der Waals surface area contributed by atoms with E-state index in [9.17, 15) is 0 Å². The fourth-order valence-corrected chi connectivity index (χ4v) is 1.41. The van der Waals surface area contributed by atoms with E-state index in [1.807, 2.05) is 6.23 Å². The molecule has 0 saturated heterocycles. The largest absolute Gasteiger partial charge is 0.383 e. The van der Waals surface area contributed by atoms with E-state index in [1.54, 1.807) is 7.11 Å². The third-order valence-corrected chi connectivity index (χ3v) is 7.04. The van der Waals surface area contributed by atoms with E-state index in [4.69, 9.17) is 4.74 Å². The summed E-state index contributed by atoms with van der Waals surface area (Å²) in [5.74, 6) is 0. The molecule has 0 heterocycles. The lowest BCUT2D eigenvalue weighted by Gasteiger charge is -2.35. The van der Waals surface area contributed by atoms with Crippen molar-refractivity contribution in [2.24, 2.45) is 0 Å². The van der Waals surface area contributed by atoms with Crippen LogP contribution in [0.3, 0.4) is 0 Å². The highest BCUT2D eigenvalue weighted by Crippen LogP contribution is 2.37. The van der Waals surface area contributed by atoms with E-state index in [2.05, 4.69) is 33.9 Å². The summed E-state index contributed by atoms with van der Waals surface area (Å²) in [5.41, 5.74) is 0. The topological polar surface area (TPSA) is 9.23 Å². The highest BCUT2D eigenvalue weighted by atomic mass is 28.3. The maximum absolute atomic E-state index is 5.07. The first-order valence-corrected chi connectivity index (χ1v) is 6.76. The molecule has 0 N–H and O–H groups in total. The molecule has 61 valence electrons. The van der Waals surface area contributed by atoms with Crippen molar-refractivity contribution >= 4 is 8.07 Å². The van der Waals surface area contributed by atoms with Gasteiger partial charge >= 0.3 is 0 Å². The molecular formula is C8H19OSi. The zero-order chi connectivity index (χ0) is 8.41. The maximum Gasteiger partial charge on any atom is 0.0898 e. The second kappa shape index (κ2) is 3.05. The second-order valence-electron chi connectivity index (χ2n) is 4.33. The number of hydrogen-bond donors (Lipinski definition) is 0. The lowest BCUT2D eigenvalue weighted by atomic mass is 10.2. The molecule has 0 aliphatic rings. The molecule has 1 radical (unpaired) electrons. The SMILES string of the molecule is CO[CH][Si](C)(C)C(C)(C)C. The van der Waals surface area contributed by atoms with Crippen molar-refractivity contribution in [2.75, 3.05) is 7.11 Å². The molecule has 0 bridgehead atoms. The minimum atomic E-state index is -1.25. The summed E-state index contributed by atoms with van der Waals surface area (Å²) in [5, 5.41) is 0.406. The molecule has 10 heavy (non-hydrogen) atoms. The second-order valence-corrected chi connectivity index (χ2v) is 9.50. The van der Waals surface area contributed by atoms with Gasteiger partial charge in [-0.2, -0.15) is 0 Å². The number of hydrogen-bond acceptors (Lipinski definition) is 1. The summed E-state index contributed by atoms with van der Waals surface area (Å²) in [6.07, 6.45) is 2.03. The van der Waals surface area contributed by atoms with Gasteiger partial charge in [-0.05, 0) is 5.04 Å². The quantitative estimate of drug-likeness (QED) is 0.563. The van der Waals surface area contributed by atoms with Crippen LogP contribution in [0.4, 0.5) is 0 Å². The van der Waals surface area contributed by atoms with Crippen LogP contribution in [-0.2, 0) is 4.74 Å². The molecule has 0 aromatic rings. The average Bonchev–Trinajstić information content (AvgIpc) is 1.61. The Kier molecular flexibility index (Phi) is 3.11. The van der Waals surface area contributed by atoms with Crippen molar-refractivity contribution in [2.45, 2.75) is 38.9 Å². The molecular weight excluding hydrogens is 140 g/mol. The van der Waals surface area contributed by atoms with Crippen LogP contribution in [0.1, 0.15) is 20.8 Å². The maximum atomic E-state index is 5.07. The first kappa shape index (κ1) is 10.2. The van der Waals surface area contributed by atoms with E-state index in [0.29, 0.717) is 5.04 Å². The van der Waals surface area contributed by atoms with Crippen LogP contribution in [0.2, 0.25) is 18.1 Å². The minimum absolute atomic E-state index is 0.406. The van der Waals surface area contributed by atoms with Crippen LogP contribution >= 0.6 is 0 Å². The molecule has 1 nitrogen and oxygen atoms in total. The van der Waals surface area contributed by atoms with E-state index >= 15 is 0 Å². The Morgan fingerprint density at radius 2 is 1.60 bits per heavy atom. The molecule has 0 rings (SSSR count). The van der Waals surface area contributed by atoms with Crippen molar-refractivity contribution in [3.8, 4) is 0 Å². The smallest absolute Gasteiger partial charge is 0.0898 e. The zero-order valence-electron chi connectivity index (χ0n) is 7.99. The molecule has 0 aliphatic heterocycles. The van der Waals surface area contributed by atoms with E-state index < -0.39 is 8.07 Å². The predicted molar refractivity (Wildman–Crippen MR) is 48.5 cm³/mol. The Morgan fingerprint density at radius 1 is 1.20 bits per heavy atom. The fourth-order valence-electron chi connectivity index (χ4n) is 0.471. The molecule has 0 amide bonds. The zero-order valence-corrected chi connectivity index (χ0v) is 8.99. The monoisotopic (exact) mass is 159 g/mol. The van der Waals surface area contributed by atoms with Crippen molar-refractivity contribution in [1.29, 1.82) is 0 Å². The molecule has 0 aromatic heterocycles. The van der Waals surface area contributed by atoms with Crippen LogP contribution in [0.15, 0.2) is 0 Å². The fraction of sp³-hybridized carbons (Fsp3) is 0.875. The first-order valence-electron chi connectivity index (χ1n) is 3.68. The minimum Gasteiger partial charge on any atom is -0.383 e. The lowest BCUT2D eigenvalue weighted by molar-refractivity contribution is 0.302. The van der Waals surface area contributed by atoms with Gasteiger partial charge in [0.15, 0.2) is 0 Å². The number of rotatable bonds is 2. The standard InChI is InChI=1S/C8H19OSi/c1-8(2,3)10(5,6)7-9-4/h7H,1-6H3. The highest BCUT2D eigenvalue weighted by molar-refractivity contribution is 6.82. The Hall–Kier alpha value is 0.177. The number of ether oxygens (including phenoxy) is 1. The average molecular weight is 159 g/mol. The van der Waals surface area contributed by atoms with Gasteiger partial charge in [-0.1, -0.05) is 33.9 Å². The van der Waals surface area contributed by atoms with Gasteiger partial charge in [-0.25, -0.2) is 0 Å². The summed E-state index contributed by atoms with van der Waals surface area (Å²) in [4.78, 5) is 0. The molecule has 0 fully saturated rings. The van der Waals surface area contributed by atoms with Crippen molar-refractivity contribution in [3.63, 3.8) is 0 Å². The predicted octanol–water partition coefficient (Wildman–Crippen LogP) is 2.84. The molecule has 0 atom stereocenters. The summed E-state index contributed by atoms with van der Waals surface area (Å²) in [6.45, 7) is 11.4. The van der Waals surface area contributed by atoms with Gasteiger partial charge in [0.25, 0.3) is 0 Å². The Balaban J connectivity index is 4.10. The van der Waals surface area contributed by atoms with Crippen molar-refractivity contribution < 1.29 is 4.74 Å². The van der Waals surface area contributed by atoms with Gasteiger partial charge in [0.1, 0.15) is 0 Å². The number of methoxy groups -OCH3 is 1. The van der Waals surface area contributed by atoms with Gasteiger partial charge in [-0.3, -0.25) is 0 Å².